The first kappa shape index (κ1) is 18.6. The van der Waals surface area contributed by atoms with Crippen molar-refractivity contribution in [1.29, 1.82) is 0 Å². The second kappa shape index (κ2) is 7.92. The van der Waals surface area contributed by atoms with E-state index in [2.05, 4.69) is 22.6 Å². The van der Waals surface area contributed by atoms with Crippen LogP contribution in [0, 0.1) is 9.49 Å². The van der Waals surface area contributed by atoms with E-state index in [-0.39, 0.29) is 6.09 Å². The van der Waals surface area contributed by atoms with E-state index in [1.807, 2.05) is 39.0 Å². The van der Waals surface area contributed by atoms with Crippen LogP contribution in [0.3, 0.4) is 0 Å². The molecule has 4 nitrogen and oxygen atoms in total. The third-order valence-electron chi connectivity index (χ3n) is 3.63. The van der Waals surface area contributed by atoms with Crippen molar-refractivity contribution < 1.29 is 14.3 Å². The lowest BCUT2D eigenvalue weighted by molar-refractivity contribution is 0.0165. The van der Waals surface area contributed by atoms with Crippen LogP contribution in [-0.4, -0.2) is 36.3 Å². The van der Waals surface area contributed by atoms with Crippen molar-refractivity contribution in [3.63, 3.8) is 0 Å². The Balaban J connectivity index is 1.79. The summed E-state index contributed by atoms with van der Waals surface area (Å²) in [7, 11) is 0. The molecule has 0 atom stereocenters. The summed E-state index contributed by atoms with van der Waals surface area (Å²) in [5.41, 5.74) is -0.444. The van der Waals surface area contributed by atoms with Gasteiger partial charge in [-0.25, -0.2) is 4.79 Å². The van der Waals surface area contributed by atoms with Crippen molar-refractivity contribution in [3.8, 4) is 5.75 Å². The minimum absolute atomic E-state index is 0.221. The quantitative estimate of drug-likeness (QED) is 0.609. The van der Waals surface area contributed by atoms with Crippen molar-refractivity contribution in [1.82, 2.24) is 4.90 Å². The van der Waals surface area contributed by atoms with Crippen molar-refractivity contribution >= 4 is 40.3 Å². The van der Waals surface area contributed by atoms with Crippen LogP contribution in [-0.2, 0) is 4.74 Å². The van der Waals surface area contributed by atoms with Crippen molar-refractivity contribution in [2.75, 3.05) is 19.7 Å². The fraction of sp³-hybridized carbons (Fsp3) is 0.588. The number of carbonyl (C=O) groups excluding carboxylic acids is 1. The highest BCUT2D eigenvalue weighted by Crippen LogP contribution is 2.27. The molecule has 23 heavy (non-hydrogen) atoms. The molecule has 6 heteroatoms. The Hall–Kier alpha value is -0.690. The van der Waals surface area contributed by atoms with E-state index in [4.69, 9.17) is 21.1 Å². The zero-order chi connectivity index (χ0) is 17.0. The Labute approximate surface area is 156 Å². The van der Waals surface area contributed by atoms with Crippen LogP contribution >= 0.6 is 34.2 Å². The number of hydrogen-bond donors (Lipinski definition) is 0. The van der Waals surface area contributed by atoms with Gasteiger partial charge in [-0.15, -0.1) is 0 Å². The van der Waals surface area contributed by atoms with Crippen LogP contribution < -0.4 is 4.74 Å². The lowest BCUT2D eigenvalue weighted by Gasteiger charge is -2.33. The minimum Gasteiger partial charge on any atom is -0.492 e. The van der Waals surface area contributed by atoms with Crippen LogP contribution in [0.2, 0.25) is 5.02 Å². The largest absolute Gasteiger partial charge is 0.492 e. The van der Waals surface area contributed by atoms with E-state index in [0.29, 0.717) is 17.5 Å². The maximum atomic E-state index is 12.0. The molecule has 1 aliphatic heterocycles. The molecule has 0 unspecified atom stereocenters. The molecule has 128 valence electrons. The van der Waals surface area contributed by atoms with Crippen LogP contribution in [0.4, 0.5) is 4.79 Å². The summed E-state index contributed by atoms with van der Waals surface area (Å²) in [6.07, 6.45) is 1.63. The van der Waals surface area contributed by atoms with E-state index >= 15 is 0 Å². The Morgan fingerprint density at radius 3 is 2.61 bits per heavy atom. The highest BCUT2D eigenvalue weighted by Gasteiger charge is 2.27. The number of hydrogen-bond acceptors (Lipinski definition) is 3. The number of likely N-dealkylation sites (tertiary alicyclic amines) is 1. The van der Waals surface area contributed by atoms with Gasteiger partial charge in [-0.3, -0.25) is 0 Å². The zero-order valence-electron chi connectivity index (χ0n) is 13.8. The zero-order valence-corrected chi connectivity index (χ0v) is 16.7. The molecule has 0 aromatic heterocycles. The first-order chi connectivity index (χ1) is 10.7. The van der Waals surface area contributed by atoms with E-state index in [1.54, 1.807) is 4.90 Å². The van der Waals surface area contributed by atoms with Crippen LogP contribution in [0.25, 0.3) is 0 Å². The molecule has 1 aromatic carbocycles. The van der Waals surface area contributed by atoms with Gasteiger partial charge < -0.3 is 14.4 Å². The highest BCUT2D eigenvalue weighted by molar-refractivity contribution is 14.1. The van der Waals surface area contributed by atoms with Gasteiger partial charge >= 0.3 is 6.09 Å². The van der Waals surface area contributed by atoms with Gasteiger partial charge in [0.1, 0.15) is 11.4 Å². The molecule has 0 bridgehead atoms. The number of piperidine rings is 1. The van der Waals surface area contributed by atoms with Gasteiger partial charge in [-0.05, 0) is 80.3 Å². The summed E-state index contributed by atoms with van der Waals surface area (Å²) in [6, 6.07) is 5.65. The van der Waals surface area contributed by atoms with Gasteiger partial charge in [0.2, 0.25) is 0 Å². The number of nitrogens with zero attached hydrogens (tertiary/aromatic N) is 1. The van der Waals surface area contributed by atoms with Gasteiger partial charge in [-0.1, -0.05) is 11.6 Å². The fourth-order valence-electron chi connectivity index (χ4n) is 2.40. The SMILES string of the molecule is CC(C)(C)OC(=O)N1CCC(COc2cc(Cl)ccc2I)CC1. The number of rotatable bonds is 3. The van der Waals surface area contributed by atoms with Crippen molar-refractivity contribution in [2.24, 2.45) is 5.92 Å². The summed E-state index contributed by atoms with van der Waals surface area (Å²) >= 11 is 8.25. The fourth-order valence-corrected chi connectivity index (χ4v) is 3.06. The topological polar surface area (TPSA) is 38.8 Å². The average Bonchev–Trinajstić information content (AvgIpc) is 2.47. The van der Waals surface area contributed by atoms with Gasteiger partial charge in [0.05, 0.1) is 10.2 Å². The normalized spacial score (nSPS) is 16.3. The molecule has 0 radical (unpaired) electrons. The average molecular weight is 452 g/mol. The van der Waals surface area contributed by atoms with E-state index in [0.717, 1.165) is 35.3 Å². The predicted octanol–water partition coefficient (Wildman–Crippen LogP) is 4.97. The molecule has 1 fully saturated rings. The minimum atomic E-state index is -0.444. The monoisotopic (exact) mass is 451 g/mol. The lowest BCUT2D eigenvalue weighted by atomic mass is 9.98. The summed E-state index contributed by atoms with van der Waals surface area (Å²) < 4.78 is 12.4. The first-order valence-electron chi connectivity index (χ1n) is 7.80. The van der Waals surface area contributed by atoms with Gasteiger partial charge in [0.15, 0.2) is 0 Å². The Bertz CT molecular complexity index is 551. The number of halogens is 2. The molecule has 1 amide bonds. The smallest absolute Gasteiger partial charge is 0.410 e. The second-order valence-corrected chi connectivity index (χ2v) is 8.40. The molecule has 1 heterocycles. The number of ether oxygens (including phenoxy) is 2. The molecule has 1 aromatic rings. The first-order valence-corrected chi connectivity index (χ1v) is 9.26. The molecular weight excluding hydrogens is 429 g/mol. The maximum absolute atomic E-state index is 12.0. The Morgan fingerprint density at radius 1 is 1.35 bits per heavy atom. The standard InChI is InChI=1S/C17H23ClINO3/c1-17(2,3)23-16(21)20-8-6-12(7-9-20)11-22-15-10-13(18)4-5-14(15)19/h4-5,10,12H,6-9,11H2,1-3H3. The van der Waals surface area contributed by atoms with Crippen molar-refractivity contribution in [3.05, 3.63) is 26.8 Å². The van der Waals surface area contributed by atoms with E-state index in [9.17, 15) is 4.79 Å². The highest BCUT2D eigenvalue weighted by atomic mass is 127. The molecule has 0 aliphatic carbocycles. The maximum Gasteiger partial charge on any atom is 0.410 e. The molecule has 1 saturated heterocycles. The molecular formula is C17H23ClINO3. The predicted molar refractivity (Wildman–Crippen MR) is 100 cm³/mol. The summed E-state index contributed by atoms with van der Waals surface area (Å²) in [5.74, 6) is 1.27. The summed E-state index contributed by atoms with van der Waals surface area (Å²) in [4.78, 5) is 13.8. The number of amides is 1. The second-order valence-electron chi connectivity index (χ2n) is 6.80. The summed E-state index contributed by atoms with van der Waals surface area (Å²) in [5, 5.41) is 0.681. The molecule has 1 aliphatic rings. The molecule has 0 spiro atoms. The van der Waals surface area contributed by atoms with E-state index in [1.165, 1.54) is 0 Å². The Morgan fingerprint density at radius 2 is 2.00 bits per heavy atom. The molecule has 2 rings (SSSR count). The number of carbonyl (C=O) groups is 1. The van der Waals surface area contributed by atoms with E-state index < -0.39 is 5.60 Å². The third kappa shape index (κ3) is 6.03. The van der Waals surface area contributed by atoms with Crippen LogP contribution in [0.5, 0.6) is 5.75 Å². The Kier molecular flexibility index (Phi) is 6.42. The van der Waals surface area contributed by atoms with Crippen molar-refractivity contribution in [2.45, 2.75) is 39.2 Å². The third-order valence-corrected chi connectivity index (χ3v) is 4.76. The lowest BCUT2D eigenvalue weighted by Crippen LogP contribution is -2.42. The van der Waals surface area contributed by atoms with Crippen LogP contribution in [0.15, 0.2) is 18.2 Å². The van der Waals surface area contributed by atoms with Gasteiger partial charge in [0, 0.05) is 18.1 Å². The number of benzene rings is 1. The van der Waals surface area contributed by atoms with Crippen LogP contribution in [0.1, 0.15) is 33.6 Å². The summed E-state index contributed by atoms with van der Waals surface area (Å²) in [6.45, 7) is 7.75. The molecule has 0 N–H and O–H groups in total. The molecule has 0 saturated carbocycles. The van der Waals surface area contributed by atoms with Gasteiger partial charge in [-0.2, -0.15) is 0 Å². The van der Waals surface area contributed by atoms with Gasteiger partial charge in [0.25, 0.3) is 0 Å².